The SMILES string of the molecule is CCOC(=O)c1[nH]c(C)c(C(=O)COC(=O)c2cccc(CS(C)=O)c2)c1C. The van der Waals surface area contributed by atoms with E-state index in [4.69, 9.17) is 9.47 Å². The maximum Gasteiger partial charge on any atom is 0.355 e. The number of esters is 2. The molecular formula is C20H23NO6S. The number of aryl methyl sites for hydroxylation is 1. The Morgan fingerprint density at radius 2 is 1.82 bits per heavy atom. The van der Waals surface area contributed by atoms with Crippen LogP contribution in [0.2, 0.25) is 0 Å². The van der Waals surface area contributed by atoms with Crippen LogP contribution in [0.5, 0.6) is 0 Å². The summed E-state index contributed by atoms with van der Waals surface area (Å²) in [4.78, 5) is 39.6. The average Bonchev–Trinajstić information content (AvgIpc) is 2.93. The molecule has 1 atom stereocenters. The molecule has 0 aliphatic carbocycles. The fourth-order valence-electron chi connectivity index (χ4n) is 2.89. The highest BCUT2D eigenvalue weighted by atomic mass is 32.2. The summed E-state index contributed by atoms with van der Waals surface area (Å²) in [5.41, 5.74) is 2.53. The van der Waals surface area contributed by atoms with Crippen molar-refractivity contribution < 1.29 is 28.1 Å². The number of Topliss-reactive ketones (excluding diaryl/α,β-unsaturated/α-hetero) is 1. The Hall–Kier alpha value is -2.74. The number of carbonyl (C=O) groups excluding carboxylic acids is 3. The third kappa shape index (κ3) is 5.16. The lowest BCUT2D eigenvalue weighted by atomic mass is 10.1. The number of benzene rings is 1. The quantitative estimate of drug-likeness (QED) is 0.535. The van der Waals surface area contributed by atoms with Crippen molar-refractivity contribution in [3.05, 3.63) is 57.9 Å². The zero-order chi connectivity index (χ0) is 20.8. The number of H-pyrrole nitrogens is 1. The van der Waals surface area contributed by atoms with Gasteiger partial charge in [-0.3, -0.25) is 9.00 Å². The lowest BCUT2D eigenvalue weighted by molar-refractivity contribution is 0.0473. The molecular weight excluding hydrogens is 382 g/mol. The normalized spacial score (nSPS) is 11.7. The predicted octanol–water partition coefficient (Wildman–Crippen LogP) is 2.73. The third-order valence-electron chi connectivity index (χ3n) is 4.06. The largest absolute Gasteiger partial charge is 0.461 e. The molecule has 0 spiro atoms. The third-order valence-corrected chi connectivity index (χ3v) is 4.80. The summed E-state index contributed by atoms with van der Waals surface area (Å²) in [5, 5.41) is 0. The fourth-order valence-corrected chi connectivity index (χ4v) is 3.53. The van der Waals surface area contributed by atoms with Gasteiger partial charge in [0.2, 0.25) is 5.78 Å². The molecule has 1 aromatic carbocycles. The number of hydrogen-bond acceptors (Lipinski definition) is 6. The summed E-state index contributed by atoms with van der Waals surface area (Å²) in [6, 6.07) is 6.61. The molecule has 0 aliphatic heterocycles. The van der Waals surface area contributed by atoms with E-state index in [1.165, 1.54) is 0 Å². The van der Waals surface area contributed by atoms with E-state index >= 15 is 0 Å². The van der Waals surface area contributed by atoms with Crippen LogP contribution in [-0.2, 0) is 26.0 Å². The van der Waals surface area contributed by atoms with E-state index in [-0.39, 0.29) is 17.9 Å². The minimum atomic E-state index is -1.03. The van der Waals surface area contributed by atoms with E-state index in [2.05, 4.69) is 4.98 Å². The van der Waals surface area contributed by atoms with Crippen LogP contribution < -0.4 is 0 Å². The second-order valence-electron chi connectivity index (χ2n) is 6.26. The van der Waals surface area contributed by atoms with Crippen LogP contribution in [0.1, 0.15) is 54.9 Å². The number of aromatic nitrogens is 1. The Kier molecular flexibility index (Phi) is 7.28. The number of nitrogens with one attached hydrogen (secondary N) is 1. The summed E-state index contributed by atoms with van der Waals surface area (Å²) < 4.78 is 21.4. The zero-order valence-corrected chi connectivity index (χ0v) is 17.1. The van der Waals surface area contributed by atoms with Gasteiger partial charge in [0.25, 0.3) is 0 Å². The summed E-state index contributed by atoms with van der Waals surface area (Å²) in [6.45, 7) is 4.77. The molecule has 2 rings (SSSR count). The van der Waals surface area contributed by atoms with Gasteiger partial charge >= 0.3 is 11.9 Å². The van der Waals surface area contributed by atoms with E-state index < -0.39 is 35.1 Å². The van der Waals surface area contributed by atoms with Crippen LogP contribution >= 0.6 is 0 Å². The van der Waals surface area contributed by atoms with Gasteiger partial charge in [0.1, 0.15) is 5.69 Å². The highest BCUT2D eigenvalue weighted by Crippen LogP contribution is 2.20. The van der Waals surface area contributed by atoms with Crippen LogP contribution in [0.25, 0.3) is 0 Å². The van der Waals surface area contributed by atoms with Gasteiger partial charge in [-0.15, -0.1) is 0 Å². The smallest absolute Gasteiger partial charge is 0.355 e. The first-order valence-corrected chi connectivity index (χ1v) is 10.4. The van der Waals surface area contributed by atoms with Crippen molar-refractivity contribution in [3.8, 4) is 0 Å². The van der Waals surface area contributed by atoms with Crippen LogP contribution in [0.15, 0.2) is 24.3 Å². The number of aromatic amines is 1. The minimum absolute atomic E-state index is 0.217. The summed E-state index contributed by atoms with van der Waals surface area (Å²) in [7, 11) is -1.03. The Morgan fingerprint density at radius 1 is 1.11 bits per heavy atom. The molecule has 1 N–H and O–H groups in total. The Labute approximate surface area is 165 Å². The molecule has 0 fully saturated rings. The highest BCUT2D eigenvalue weighted by molar-refractivity contribution is 7.83. The van der Waals surface area contributed by atoms with Gasteiger partial charge in [-0.1, -0.05) is 12.1 Å². The topological polar surface area (TPSA) is 103 Å². The average molecular weight is 405 g/mol. The Bertz CT molecular complexity index is 931. The Morgan fingerprint density at radius 3 is 2.46 bits per heavy atom. The Balaban J connectivity index is 2.09. The van der Waals surface area contributed by atoms with Gasteiger partial charge in [0.15, 0.2) is 6.61 Å². The van der Waals surface area contributed by atoms with Crippen LogP contribution in [0.4, 0.5) is 0 Å². The lowest BCUT2D eigenvalue weighted by Crippen LogP contribution is -2.16. The van der Waals surface area contributed by atoms with Crippen LogP contribution in [0.3, 0.4) is 0 Å². The van der Waals surface area contributed by atoms with Crippen molar-refractivity contribution in [2.75, 3.05) is 19.5 Å². The molecule has 1 aromatic heterocycles. The zero-order valence-electron chi connectivity index (χ0n) is 16.3. The van der Waals surface area contributed by atoms with E-state index in [1.807, 2.05) is 0 Å². The molecule has 8 heteroatoms. The summed E-state index contributed by atoms with van der Waals surface area (Å²) >= 11 is 0. The highest BCUT2D eigenvalue weighted by Gasteiger charge is 2.23. The second kappa shape index (κ2) is 9.45. The van der Waals surface area contributed by atoms with Crippen molar-refractivity contribution in [1.82, 2.24) is 4.98 Å². The van der Waals surface area contributed by atoms with Gasteiger partial charge in [-0.05, 0) is 44.0 Å². The number of hydrogen-bond donors (Lipinski definition) is 1. The van der Waals surface area contributed by atoms with Gasteiger partial charge in [-0.2, -0.15) is 0 Å². The maximum atomic E-state index is 12.5. The number of rotatable bonds is 8. The molecule has 1 heterocycles. The van der Waals surface area contributed by atoms with Crippen molar-refractivity contribution in [1.29, 1.82) is 0 Å². The van der Waals surface area contributed by atoms with Gasteiger partial charge < -0.3 is 14.5 Å². The molecule has 1 unspecified atom stereocenters. The molecule has 7 nitrogen and oxygen atoms in total. The first-order chi connectivity index (χ1) is 13.2. The van der Waals surface area contributed by atoms with Crippen LogP contribution in [0, 0.1) is 13.8 Å². The molecule has 0 saturated carbocycles. The molecule has 0 saturated heterocycles. The minimum Gasteiger partial charge on any atom is -0.461 e. The lowest BCUT2D eigenvalue weighted by Gasteiger charge is -2.07. The molecule has 2 aromatic rings. The molecule has 0 amide bonds. The van der Waals surface area contributed by atoms with Crippen LogP contribution in [-0.4, -0.2) is 46.4 Å². The van der Waals surface area contributed by atoms with Crippen molar-refractivity contribution in [3.63, 3.8) is 0 Å². The molecule has 28 heavy (non-hydrogen) atoms. The molecule has 0 aliphatic rings. The van der Waals surface area contributed by atoms with Gasteiger partial charge in [-0.25, -0.2) is 9.59 Å². The molecule has 0 radical (unpaired) electrons. The van der Waals surface area contributed by atoms with Gasteiger partial charge in [0, 0.05) is 34.1 Å². The second-order valence-corrected chi connectivity index (χ2v) is 7.70. The van der Waals surface area contributed by atoms with E-state index in [0.717, 1.165) is 5.56 Å². The molecule has 0 bridgehead atoms. The van der Waals surface area contributed by atoms with Crippen molar-refractivity contribution in [2.24, 2.45) is 0 Å². The molecule has 150 valence electrons. The van der Waals surface area contributed by atoms with Gasteiger partial charge in [0.05, 0.1) is 12.2 Å². The first kappa shape index (κ1) is 21.6. The van der Waals surface area contributed by atoms with E-state index in [0.29, 0.717) is 22.6 Å². The number of ketones is 1. The van der Waals surface area contributed by atoms with Crippen molar-refractivity contribution >= 4 is 28.5 Å². The first-order valence-electron chi connectivity index (χ1n) is 8.70. The van der Waals surface area contributed by atoms with Crippen molar-refractivity contribution in [2.45, 2.75) is 26.5 Å². The predicted molar refractivity (Wildman–Crippen MR) is 105 cm³/mol. The number of carbonyl (C=O) groups is 3. The maximum absolute atomic E-state index is 12.5. The standard InChI is InChI=1S/C20H23NO6S/c1-5-26-20(24)18-12(2)17(13(3)21-18)16(22)10-27-19(23)15-8-6-7-14(9-15)11-28(4)25/h6-9,21H,5,10-11H2,1-4H3. The summed E-state index contributed by atoms with van der Waals surface area (Å²) in [5.74, 6) is -1.27. The fraction of sp³-hybridized carbons (Fsp3) is 0.350. The number of ether oxygens (including phenoxy) is 2. The monoisotopic (exact) mass is 405 g/mol. The van der Waals surface area contributed by atoms with E-state index in [9.17, 15) is 18.6 Å². The van der Waals surface area contributed by atoms with E-state index in [1.54, 1.807) is 51.3 Å². The summed E-state index contributed by atoms with van der Waals surface area (Å²) in [6.07, 6.45) is 1.58.